The Hall–Kier alpha value is -2.98. The maximum atomic E-state index is 8.99. The Labute approximate surface area is 111 Å². The highest BCUT2D eigenvalue weighted by Gasteiger charge is 2.24. The van der Waals surface area contributed by atoms with Crippen LogP contribution in [0.15, 0.2) is 47.1 Å². The lowest BCUT2D eigenvalue weighted by Gasteiger charge is -1.99. The Morgan fingerprint density at radius 2 is 1.84 bits per heavy atom. The molecule has 1 aromatic carbocycles. The predicted octanol–water partition coefficient (Wildman–Crippen LogP) is 2.84. The van der Waals surface area contributed by atoms with E-state index in [4.69, 9.17) is 15.9 Å². The summed E-state index contributed by atoms with van der Waals surface area (Å²) in [4.78, 5) is 4.13. The normalized spacial score (nSPS) is 13.8. The third kappa shape index (κ3) is 1.96. The van der Waals surface area contributed by atoms with E-state index < -0.39 is 0 Å². The number of nitrogens with zero attached hydrogens (tertiary/aromatic N) is 3. The molecule has 0 heterocycles. The number of nitrogens with one attached hydrogen (secondary N) is 1. The second-order valence-corrected chi connectivity index (χ2v) is 4.06. The molecule has 0 saturated heterocycles. The first-order valence-electron chi connectivity index (χ1n) is 5.58. The molecule has 19 heavy (non-hydrogen) atoms. The summed E-state index contributed by atoms with van der Waals surface area (Å²) < 4.78 is 0. The van der Waals surface area contributed by atoms with Gasteiger partial charge in [0.2, 0.25) is 0 Å². The lowest BCUT2D eigenvalue weighted by Crippen LogP contribution is -2.02. The van der Waals surface area contributed by atoms with Crippen molar-refractivity contribution >= 4 is 17.0 Å². The minimum Gasteiger partial charge on any atom is -0.298 e. The number of hydrogen-bond acceptors (Lipinski definition) is 4. The van der Waals surface area contributed by atoms with Gasteiger partial charge in [-0.2, -0.15) is 10.5 Å². The van der Waals surface area contributed by atoms with E-state index in [9.17, 15) is 0 Å². The van der Waals surface area contributed by atoms with Gasteiger partial charge in [-0.25, -0.2) is 4.99 Å². The highest BCUT2D eigenvalue weighted by molar-refractivity contribution is 6.24. The Morgan fingerprint density at radius 3 is 2.37 bits per heavy atom. The van der Waals surface area contributed by atoms with Gasteiger partial charge in [0.25, 0.3) is 0 Å². The molecule has 4 nitrogen and oxygen atoms in total. The van der Waals surface area contributed by atoms with Gasteiger partial charge in [-0.3, -0.25) is 5.41 Å². The summed E-state index contributed by atoms with van der Waals surface area (Å²) in [5, 5.41) is 25.9. The molecule has 0 aliphatic heterocycles. The van der Waals surface area contributed by atoms with Gasteiger partial charge in [0.05, 0.1) is 17.0 Å². The SMILES string of the molecule is C=C(C#N)C(C#N)=NC1=C(C)c2ccccc2C1=N. The van der Waals surface area contributed by atoms with Crippen LogP contribution in [-0.4, -0.2) is 11.4 Å². The van der Waals surface area contributed by atoms with E-state index in [2.05, 4.69) is 11.6 Å². The first-order chi connectivity index (χ1) is 9.10. The van der Waals surface area contributed by atoms with Crippen LogP contribution in [-0.2, 0) is 0 Å². The molecule has 0 unspecified atom stereocenters. The smallest absolute Gasteiger partial charge is 0.158 e. The van der Waals surface area contributed by atoms with E-state index in [-0.39, 0.29) is 17.0 Å². The molecule has 1 aliphatic rings. The number of hydrogen-bond donors (Lipinski definition) is 1. The maximum absolute atomic E-state index is 8.99. The molecular weight excluding hydrogens is 236 g/mol. The molecule has 0 radical (unpaired) electrons. The second kappa shape index (κ2) is 4.72. The standard InChI is InChI=1S/C15H10N4/c1-9(7-16)13(8-17)19-15-10(2)11-5-3-4-6-12(11)14(15)18/h3-6,18H,1H2,2H3. The zero-order chi connectivity index (χ0) is 14.0. The zero-order valence-electron chi connectivity index (χ0n) is 10.4. The summed E-state index contributed by atoms with van der Waals surface area (Å²) >= 11 is 0. The fraction of sp³-hybridized carbons (Fsp3) is 0.0667. The van der Waals surface area contributed by atoms with Crippen molar-refractivity contribution in [2.24, 2.45) is 4.99 Å². The summed E-state index contributed by atoms with van der Waals surface area (Å²) in [5.74, 6) is 0. The average Bonchev–Trinajstić information content (AvgIpc) is 2.68. The monoisotopic (exact) mass is 246 g/mol. The van der Waals surface area contributed by atoms with Gasteiger partial charge in [0, 0.05) is 5.56 Å². The number of fused-ring (bicyclic) bond motifs is 1. The van der Waals surface area contributed by atoms with Crippen molar-refractivity contribution in [1.29, 1.82) is 15.9 Å². The van der Waals surface area contributed by atoms with Crippen molar-refractivity contribution in [3.05, 3.63) is 53.2 Å². The molecule has 1 aliphatic carbocycles. The summed E-state index contributed by atoms with van der Waals surface area (Å²) in [6.07, 6.45) is 0. The van der Waals surface area contributed by atoms with Crippen molar-refractivity contribution < 1.29 is 0 Å². The van der Waals surface area contributed by atoms with Gasteiger partial charge in [-0.05, 0) is 18.1 Å². The number of rotatable bonds is 2. The first kappa shape index (κ1) is 12.5. The van der Waals surface area contributed by atoms with Crippen LogP contribution in [0.2, 0.25) is 0 Å². The van der Waals surface area contributed by atoms with Crippen LogP contribution in [0.25, 0.3) is 5.57 Å². The van der Waals surface area contributed by atoms with E-state index in [0.29, 0.717) is 5.70 Å². The van der Waals surface area contributed by atoms with Crippen LogP contribution >= 0.6 is 0 Å². The average molecular weight is 246 g/mol. The lowest BCUT2D eigenvalue weighted by atomic mass is 10.1. The molecule has 0 fully saturated rings. The largest absolute Gasteiger partial charge is 0.298 e. The molecule has 1 N–H and O–H groups in total. The summed E-state index contributed by atoms with van der Waals surface area (Å²) in [6.45, 7) is 5.33. The summed E-state index contributed by atoms with van der Waals surface area (Å²) in [6, 6.07) is 11.1. The van der Waals surface area contributed by atoms with Gasteiger partial charge in [-0.15, -0.1) is 0 Å². The Balaban J connectivity index is 2.56. The second-order valence-electron chi connectivity index (χ2n) is 4.06. The number of benzene rings is 1. The first-order valence-corrected chi connectivity index (χ1v) is 5.58. The minimum absolute atomic E-state index is 0.00607. The highest BCUT2D eigenvalue weighted by atomic mass is 14.8. The van der Waals surface area contributed by atoms with Crippen LogP contribution in [0.1, 0.15) is 18.1 Å². The molecular formula is C15H10N4. The van der Waals surface area contributed by atoms with Gasteiger partial charge >= 0.3 is 0 Å². The molecule has 0 atom stereocenters. The Kier molecular flexibility index (Phi) is 3.10. The van der Waals surface area contributed by atoms with E-state index >= 15 is 0 Å². The Bertz CT molecular complexity index is 736. The van der Waals surface area contributed by atoms with Crippen LogP contribution in [0.5, 0.6) is 0 Å². The van der Waals surface area contributed by atoms with E-state index in [1.807, 2.05) is 37.3 Å². The van der Waals surface area contributed by atoms with Crippen LogP contribution in [0, 0.1) is 28.1 Å². The van der Waals surface area contributed by atoms with E-state index in [1.165, 1.54) is 0 Å². The van der Waals surface area contributed by atoms with E-state index in [0.717, 1.165) is 16.7 Å². The quantitative estimate of drug-likeness (QED) is 0.642. The summed E-state index contributed by atoms with van der Waals surface area (Å²) in [5.41, 5.74) is 3.21. The van der Waals surface area contributed by atoms with Crippen molar-refractivity contribution in [2.45, 2.75) is 6.92 Å². The predicted molar refractivity (Wildman–Crippen MR) is 73.7 cm³/mol. The van der Waals surface area contributed by atoms with Crippen molar-refractivity contribution in [1.82, 2.24) is 0 Å². The van der Waals surface area contributed by atoms with Gasteiger partial charge in [-0.1, -0.05) is 30.8 Å². The fourth-order valence-corrected chi connectivity index (χ4v) is 1.94. The topological polar surface area (TPSA) is 83.8 Å². The fourth-order valence-electron chi connectivity index (χ4n) is 1.94. The molecule has 2 rings (SSSR count). The van der Waals surface area contributed by atoms with Crippen molar-refractivity contribution in [2.75, 3.05) is 0 Å². The minimum atomic E-state index is -0.0468. The van der Waals surface area contributed by atoms with Crippen LogP contribution in [0.4, 0.5) is 0 Å². The van der Waals surface area contributed by atoms with Gasteiger partial charge in [0.1, 0.15) is 12.1 Å². The van der Waals surface area contributed by atoms with Crippen molar-refractivity contribution in [3.63, 3.8) is 0 Å². The third-order valence-corrected chi connectivity index (χ3v) is 2.94. The van der Waals surface area contributed by atoms with Gasteiger partial charge < -0.3 is 0 Å². The lowest BCUT2D eigenvalue weighted by molar-refractivity contribution is 1.40. The molecule has 0 saturated carbocycles. The molecule has 1 aromatic rings. The number of aliphatic imine (C=N–C) groups is 1. The molecule has 0 spiro atoms. The molecule has 0 amide bonds. The zero-order valence-corrected chi connectivity index (χ0v) is 10.4. The molecule has 4 heteroatoms. The van der Waals surface area contributed by atoms with Crippen molar-refractivity contribution in [3.8, 4) is 12.1 Å². The number of nitriles is 2. The molecule has 90 valence electrons. The van der Waals surface area contributed by atoms with Gasteiger partial charge in [0.15, 0.2) is 5.71 Å². The Morgan fingerprint density at radius 1 is 1.21 bits per heavy atom. The molecule has 0 aromatic heterocycles. The third-order valence-electron chi connectivity index (χ3n) is 2.94. The highest BCUT2D eigenvalue weighted by Crippen LogP contribution is 2.33. The number of allylic oxidation sites excluding steroid dienone is 3. The maximum Gasteiger partial charge on any atom is 0.158 e. The van der Waals surface area contributed by atoms with E-state index in [1.54, 1.807) is 6.07 Å². The van der Waals surface area contributed by atoms with Crippen LogP contribution in [0.3, 0.4) is 0 Å². The summed E-state index contributed by atoms with van der Waals surface area (Å²) in [7, 11) is 0. The van der Waals surface area contributed by atoms with Crippen LogP contribution < -0.4 is 0 Å². The molecule has 0 bridgehead atoms.